The number of likely N-dealkylation sites (tertiary alicyclic amines) is 2. The van der Waals surface area contributed by atoms with Crippen LogP contribution in [0.5, 0.6) is 17.2 Å². The lowest BCUT2D eigenvalue weighted by molar-refractivity contribution is -0.155. The predicted octanol–water partition coefficient (Wildman–Crippen LogP) is 6.89. The van der Waals surface area contributed by atoms with E-state index < -0.39 is 17.3 Å². The molecule has 59 heavy (non-hydrogen) atoms. The van der Waals surface area contributed by atoms with E-state index in [0.29, 0.717) is 67.8 Å². The van der Waals surface area contributed by atoms with Gasteiger partial charge < -0.3 is 40.2 Å². The second-order valence-corrected chi connectivity index (χ2v) is 15.6. The Balaban J connectivity index is 0.00000214. The van der Waals surface area contributed by atoms with Crippen molar-refractivity contribution in [3.05, 3.63) is 105 Å². The largest absolute Gasteiger partial charge is 0.493 e. The van der Waals surface area contributed by atoms with Crippen LogP contribution in [0.15, 0.2) is 67.0 Å². The highest BCUT2D eigenvalue weighted by molar-refractivity contribution is 6.32. The van der Waals surface area contributed by atoms with E-state index in [1.54, 1.807) is 12.3 Å². The summed E-state index contributed by atoms with van der Waals surface area (Å²) < 4.78 is 19.0. The van der Waals surface area contributed by atoms with Crippen LogP contribution in [-0.2, 0) is 29.3 Å². The fourth-order valence-electron chi connectivity index (χ4n) is 7.63. The highest BCUT2D eigenvalue weighted by atomic mass is 35.5. The number of halogens is 1. The van der Waals surface area contributed by atoms with Crippen LogP contribution in [0.1, 0.15) is 76.7 Å². The lowest BCUT2D eigenvalue weighted by Crippen LogP contribution is -2.46. The molecule has 6 rings (SSSR count). The molecule has 3 aromatic carbocycles. The normalized spacial score (nSPS) is 15.4. The molecule has 0 bridgehead atoms. The third-order valence-corrected chi connectivity index (χ3v) is 11.6. The Morgan fingerprint density at radius 1 is 0.847 bits per heavy atom. The molecule has 2 saturated heterocycles. The summed E-state index contributed by atoms with van der Waals surface area (Å²) in [6.07, 6.45) is 8.38. The monoisotopic (exact) mass is 830 g/mol. The molecule has 2 aliphatic rings. The quantitative estimate of drug-likeness (QED) is 0.0639. The molecule has 1 aromatic heterocycles. The topological polar surface area (TPSA) is 185 Å². The number of carbonyl (C=O) groups excluding carboxylic acids is 1. The first-order valence-corrected chi connectivity index (χ1v) is 20.4. The van der Waals surface area contributed by atoms with Crippen LogP contribution in [0.25, 0.3) is 11.1 Å². The molecule has 14 heteroatoms. The number of aromatic nitrogens is 1. The third-order valence-electron chi connectivity index (χ3n) is 11.3. The first-order chi connectivity index (χ1) is 28.5. The minimum atomic E-state index is -1.02. The molecule has 0 saturated carbocycles. The predicted molar refractivity (Wildman–Crippen MR) is 225 cm³/mol. The van der Waals surface area contributed by atoms with Gasteiger partial charge in [-0.25, -0.2) is 0 Å². The fourth-order valence-corrected chi connectivity index (χ4v) is 7.87. The van der Waals surface area contributed by atoms with Gasteiger partial charge in [0.1, 0.15) is 30.5 Å². The number of pyridine rings is 1. The van der Waals surface area contributed by atoms with Crippen molar-refractivity contribution in [2.75, 3.05) is 45.9 Å². The number of benzene rings is 3. The number of nitrogens with zero attached hydrogens (tertiary/aromatic N) is 3. The van der Waals surface area contributed by atoms with Crippen LogP contribution in [0.4, 0.5) is 0 Å². The first-order valence-electron chi connectivity index (χ1n) is 20.0. The summed E-state index contributed by atoms with van der Waals surface area (Å²) >= 11 is 6.88. The summed E-state index contributed by atoms with van der Waals surface area (Å²) in [6.45, 7) is 9.50. The molecule has 3 heterocycles. The number of amides is 1. The highest BCUT2D eigenvalue weighted by Crippen LogP contribution is 2.37. The molecule has 0 spiro atoms. The van der Waals surface area contributed by atoms with Crippen LogP contribution < -0.4 is 19.9 Å². The van der Waals surface area contributed by atoms with Crippen molar-refractivity contribution in [1.82, 2.24) is 14.8 Å². The second kappa shape index (κ2) is 21.7. The summed E-state index contributed by atoms with van der Waals surface area (Å²) in [6, 6.07) is 17.8. The zero-order valence-corrected chi connectivity index (χ0v) is 34.6. The highest BCUT2D eigenvalue weighted by Gasteiger charge is 2.40. The minimum absolute atomic E-state index is 0.199. The summed E-state index contributed by atoms with van der Waals surface area (Å²) in [5, 5.41) is 26.6. The van der Waals surface area contributed by atoms with E-state index in [0.717, 1.165) is 83.6 Å². The summed E-state index contributed by atoms with van der Waals surface area (Å²) in [5.41, 5.74) is 11.8. The Morgan fingerprint density at radius 2 is 1.53 bits per heavy atom. The van der Waals surface area contributed by atoms with E-state index in [2.05, 4.69) is 46.8 Å². The van der Waals surface area contributed by atoms with E-state index in [9.17, 15) is 19.8 Å². The van der Waals surface area contributed by atoms with E-state index in [1.807, 2.05) is 30.3 Å². The smallest absolute Gasteiger partial charge is 0.312 e. The third kappa shape index (κ3) is 11.9. The number of ether oxygens (including phenoxy) is 3. The van der Waals surface area contributed by atoms with Crippen molar-refractivity contribution >= 4 is 29.9 Å². The standard InChI is InChI=1S/C44H53ClN4O7.CH2O2/c1-30-33(9-6-10-36(30)37-11-7-12-39(31(37)2)54-20-8-17-48-18-13-44(29-50,14-19-48)43(52)53)28-56-41-23-40(55-27-32-21-34(42(46)51)25-47-24-32)35(22-38(41)45)26-49-15-4-3-5-16-49;2-1-3/h6-7,9-12,21-25,50H,3-5,8,13-20,26-29H2,1-2H3,(H2,46,51)(H,52,53);1H,(H,2,3). The summed E-state index contributed by atoms with van der Waals surface area (Å²) in [7, 11) is 0. The van der Waals surface area contributed by atoms with Gasteiger partial charge in [0.25, 0.3) is 6.47 Å². The molecule has 4 aromatic rings. The number of piperidine rings is 2. The van der Waals surface area contributed by atoms with E-state index >= 15 is 0 Å². The maximum atomic E-state index is 11.7. The minimum Gasteiger partial charge on any atom is -0.493 e. The average molecular weight is 831 g/mol. The number of carbonyl (C=O) groups is 3. The molecule has 0 radical (unpaired) electrons. The molecule has 0 aliphatic carbocycles. The van der Waals surface area contributed by atoms with Gasteiger partial charge in [0.05, 0.1) is 29.2 Å². The van der Waals surface area contributed by atoms with Crippen molar-refractivity contribution in [3.8, 4) is 28.4 Å². The molecule has 0 atom stereocenters. The van der Waals surface area contributed by atoms with Gasteiger partial charge in [-0.3, -0.25) is 24.3 Å². The van der Waals surface area contributed by atoms with Crippen LogP contribution in [0.3, 0.4) is 0 Å². The number of aliphatic hydroxyl groups is 1. The number of aliphatic carboxylic acids is 1. The number of hydrogen-bond acceptors (Lipinski definition) is 10. The van der Waals surface area contributed by atoms with Crippen molar-refractivity contribution in [1.29, 1.82) is 0 Å². The Kier molecular flexibility index (Phi) is 16.5. The van der Waals surface area contributed by atoms with Crippen LogP contribution in [-0.4, -0.2) is 94.4 Å². The number of hydrogen-bond donors (Lipinski definition) is 4. The maximum absolute atomic E-state index is 11.7. The number of aliphatic hydroxyl groups excluding tert-OH is 1. The molecule has 13 nitrogen and oxygen atoms in total. The van der Waals surface area contributed by atoms with E-state index in [1.165, 1.54) is 12.6 Å². The van der Waals surface area contributed by atoms with Gasteiger partial charge in [0.2, 0.25) is 5.91 Å². The van der Waals surface area contributed by atoms with Gasteiger partial charge >= 0.3 is 5.97 Å². The van der Waals surface area contributed by atoms with Crippen molar-refractivity contribution in [3.63, 3.8) is 0 Å². The van der Waals surface area contributed by atoms with Gasteiger partial charge in [-0.15, -0.1) is 0 Å². The first kappa shape index (κ1) is 44.9. The van der Waals surface area contributed by atoms with Crippen LogP contribution in [0.2, 0.25) is 5.02 Å². The van der Waals surface area contributed by atoms with Gasteiger partial charge in [-0.05, 0) is 118 Å². The average Bonchev–Trinajstić information content (AvgIpc) is 3.23. The number of primary amides is 1. The molecule has 316 valence electrons. The second-order valence-electron chi connectivity index (χ2n) is 15.2. The summed E-state index contributed by atoms with van der Waals surface area (Å²) in [4.78, 5) is 40.6. The van der Waals surface area contributed by atoms with Crippen molar-refractivity contribution < 1.29 is 43.9 Å². The van der Waals surface area contributed by atoms with Gasteiger partial charge in [0.15, 0.2) is 0 Å². The number of nitrogens with two attached hydrogens (primary N) is 1. The van der Waals surface area contributed by atoms with Crippen molar-refractivity contribution in [2.45, 2.75) is 72.1 Å². The zero-order chi connectivity index (χ0) is 42.4. The van der Waals surface area contributed by atoms with E-state index in [4.69, 9.17) is 41.4 Å². The zero-order valence-electron chi connectivity index (χ0n) is 33.8. The Labute approximate surface area is 350 Å². The van der Waals surface area contributed by atoms with Crippen LogP contribution >= 0.6 is 11.6 Å². The number of carboxylic acids is 1. The number of rotatable bonds is 17. The molecule has 2 fully saturated rings. The fraction of sp³-hybridized carbons (Fsp3) is 0.422. The maximum Gasteiger partial charge on any atom is 0.312 e. The lowest BCUT2D eigenvalue weighted by atomic mass is 9.79. The Hall–Kier alpha value is -5.21. The molecule has 5 N–H and O–H groups in total. The van der Waals surface area contributed by atoms with Crippen molar-refractivity contribution in [2.24, 2.45) is 11.1 Å². The number of carboxylic acid groups (broad SMARTS) is 2. The molecule has 1 amide bonds. The van der Waals surface area contributed by atoms with Gasteiger partial charge in [-0.1, -0.05) is 48.4 Å². The van der Waals surface area contributed by atoms with Crippen LogP contribution in [0, 0.1) is 19.3 Å². The lowest BCUT2D eigenvalue weighted by Gasteiger charge is -2.37. The molecular formula is C45H55ClN4O9. The van der Waals surface area contributed by atoms with Gasteiger partial charge in [0, 0.05) is 42.7 Å². The van der Waals surface area contributed by atoms with E-state index in [-0.39, 0.29) is 19.7 Å². The SMILES string of the molecule is Cc1c(COc2cc(OCc3cncc(C(N)=O)c3)c(CN3CCCCC3)cc2Cl)cccc1-c1cccc(OCCCN2CCC(CO)(C(=O)O)CC2)c1C.O=CO. The molecule has 2 aliphatic heterocycles. The van der Waals surface area contributed by atoms with Gasteiger partial charge in [-0.2, -0.15) is 0 Å². The molecular weight excluding hydrogens is 776 g/mol. The Bertz CT molecular complexity index is 2050. The Morgan fingerprint density at radius 3 is 2.20 bits per heavy atom. The summed E-state index contributed by atoms with van der Waals surface area (Å²) in [5.74, 6) is 0.555. The molecule has 0 unspecified atom stereocenters.